The second-order valence-electron chi connectivity index (χ2n) is 7.38. The molecule has 202 valence electrons. The number of imide groups is 2. The summed E-state index contributed by atoms with van der Waals surface area (Å²) in [6, 6.07) is 0. The van der Waals surface area contributed by atoms with E-state index in [0.717, 1.165) is 9.80 Å². The summed E-state index contributed by atoms with van der Waals surface area (Å²) in [6.45, 7) is 4.86. The first-order valence-corrected chi connectivity index (χ1v) is 17.1. The zero-order valence-electron chi connectivity index (χ0n) is 19.4. The van der Waals surface area contributed by atoms with Crippen molar-refractivity contribution < 1.29 is 28.8 Å². The molecule has 0 aliphatic rings. The molecule has 0 radical (unpaired) electrons. The monoisotopic (exact) mass is 1230 g/mol. The van der Waals surface area contributed by atoms with Crippen LogP contribution in [0.15, 0.2) is 0 Å². The van der Waals surface area contributed by atoms with Crippen molar-refractivity contribution in [3.8, 4) is 11.1 Å². The molecule has 38 heavy (non-hydrogen) atoms. The van der Waals surface area contributed by atoms with E-state index in [1.165, 1.54) is 27.7 Å². The van der Waals surface area contributed by atoms with Gasteiger partial charge in [0.25, 0.3) is 10.5 Å². The highest BCUT2D eigenvalue weighted by atomic mass is 127. The van der Waals surface area contributed by atoms with E-state index in [0.29, 0.717) is 25.4 Å². The molecule has 0 N–H and O–H groups in total. The summed E-state index contributed by atoms with van der Waals surface area (Å²) in [7, 11) is 0. The van der Waals surface area contributed by atoms with E-state index >= 15 is 0 Å². The molecule has 0 saturated carbocycles. The summed E-state index contributed by atoms with van der Waals surface area (Å²) in [5, 5.41) is -1.66. The smallest absolute Gasteiger partial charge is 0.254 e. The molecular formula is C22H12Cl2I6N2O6. The number of carbonyl (C=O) groups excluding carboxylic acids is 6. The molecule has 0 aromatic heterocycles. The maximum atomic E-state index is 12.6. The van der Waals surface area contributed by atoms with Crippen molar-refractivity contribution in [2.45, 2.75) is 27.7 Å². The van der Waals surface area contributed by atoms with Gasteiger partial charge in [0.05, 0.1) is 29.6 Å². The van der Waals surface area contributed by atoms with Gasteiger partial charge in [-0.25, -0.2) is 9.80 Å². The standard InChI is InChI=1S/C22H12Cl2I6N2O6/c1-5(33)31(6(2)34)19-15(27)9(13(25)11(17(19)29)21(23)37)10-14(26)12(22(24)38)18(30)20(16(10)28)32(7(3)35)8(4)36/h1-4H3. The first-order chi connectivity index (χ1) is 17.4. The number of nitrogens with zero attached hydrogens (tertiary/aromatic N) is 2. The van der Waals surface area contributed by atoms with Crippen LogP contribution in [0.1, 0.15) is 48.4 Å². The van der Waals surface area contributed by atoms with Crippen LogP contribution in [-0.4, -0.2) is 34.1 Å². The van der Waals surface area contributed by atoms with Crippen LogP contribution in [0.2, 0.25) is 0 Å². The highest BCUT2D eigenvalue weighted by molar-refractivity contribution is 14.1. The summed E-state index contributed by atoms with van der Waals surface area (Å²) in [4.78, 5) is 77.3. The third-order valence-electron chi connectivity index (χ3n) is 4.94. The predicted molar refractivity (Wildman–Crippen MR) is 196 cm³/mol. The molecule has 0 heterocycles. The van der Waals surface area contributed by atoms with Gasteiger partial charge in [-0.2, -0.15) is 0 Å². The lowest BCUT2D eigenvalue weighted by atomic mass is 9.98. The van der Waals surface area contributed by atoms with Crippen molar-refractivity contribution in [1.29, 1.82) is 0 Å². The van der Waals surface area contributed by atoms with Crippen LogP contribution in [0.4, 0.5) is 11.4 Å². The molecule has 0 aliphatic heterocycles. The largest absolute Gasteiger partial charge is 0.276 e. The number of benzene rings is 2. The van der Waals surface area contributed by atoms with Gasteiger partial charge in [0, 0.05) is 53.1 Å². The van der Waals surface area contributed by atoms with E-state index in [9.17, 15) is 28.8 Å². The quantitative estimate of drug-likeness (QED) is 0.226. The lowest BCUT2D eigenvalue weighted by Gasteiger charge is -2.28. The minimum Gasteiger partial charge on any atom is -0.276 e. The molecule has 2 aromatic carbocycles. The Morgan fingerprint density at radius 2 is 0.711 bits per heavy atom. The molecule has 0 fully saturated rings. The van der Waals surface area contributed by atoms with Crippen LogP contribution in [0.25, 0.3) is 11.1 Å². The molecule has 16 heteroatoms. The van der Waals surface area contributed by atoms with Gasteiger partial charge >= 0.3 is 0 Å². The molecule has 2 rings (SSSR count). The Labute approximate surface area is 309 Å². The van der Waals surface area contributed by atoms with E-state index in [2.05, 4.69) is 0 Å². The number of rotatable bonds is 5. The molecule has 0 bridgehead atoms. The van der Waals surface area contributed by atoms with E-state index in [4.69, 9.17) is 23.2 Å². The normalized spacial score (nSPS) is 10.7. The fraction of sp³-hybridized carbons (Fsp3) is 0.182. The number of anilines is 2. The first kappa shape index (κ1) is 35.2. The lowest BCUT2D eigenvalue weighted by Crippen LogP contribution is -2.35. The summed E-state index contributed by atoms with van der Waals surface area (Å²) >= 11 is 23.5. The highest BCUT2D eigenvalue weighted by Crippen LogP contribution is 2.49. The SMILES string of the molecule is CC(=O)N(C(C)=O)c1c(I)c(C(=O)Cl)c(I)c(-c2c(I)c(C(=O)Cl)c(I)c(N(C(C)=O)C(C)=O)c2I)c1I. The average molecular weight is 1230 g/mol. The average Bonchev–Trinajstić information content (AvgIpc) is 2.74. The van der Waals surface area contributed by atoms with Crippen LogP contribution < -0.4 is 9.80 Å². The van der Waals surface area contributed by atoms with Gasteiger partial charge in [-0.15, -0.1) is 0 Å². The Kier molecular flexibility index (Phi) is 13.0. The summed E-state index contributed by atoms with van der Waals surface area (Å²) < 4.78 is 2.11. The van der Waals surface area contributed by atoms with Crippen LogP contribution in [0.5, 0.6) is 0 Å². The van der Waals surface area contributed by atoms with Gasteiger partial charge in [-0.05, 0) is 159 Å². The van der Waals surface area contributed by atoms with Crippen LogP contribution in [0.3, 0.4) is 0 Å². The fourth-order valence-corrected chi connectivity index (χ4v) is 13.9. The molecule has 0 unspecified atom stereocenters. The fourth-order valence-electron chi connectivity index (χ4n) is 3.55. The third-order valence-corrected chi connectivity index (χ3v) is 11.7. The number of hydrogen-bond acceptors (Lipinski definition) is 6. The van der Waals surface area contributed by atoms with Crippen molar-refractivity contribution in [3.63, 3.8) is 0 Å². The molecule has 0 aliphatic carbocycles. The molecule has 0 spiro atoms. The van der Waals surface area contributed by atoms with E-state index in [1.807, 2.05) is 136 Å². The summed E-state index contributed by atoms with van der Waals surface area (Å²) in [5.74, 6) is -2.34. The van der Waals surface area contributed by atoms with Gasteiger partial charge in [-0.3, -0.25) is 28.8 Å². The van der Waals surface area contributed by atoms with E-state index in [1.54, 1.807) is 0 Å². The van der Waals surface area contributed by atoms with Crippen LogP contribution in [-0.2, 0) is 19.2 Å². The van der Waals surface area contributed by atoms with Crippen molar-refractivity contribution in [1.82, 2.24) is 0 Å². The number of amides is 4. The van der Waals surface area contributed by atoms with Gasteiger partial charge in [0.15, 0.2) is 0 Å². The molecular weight excluding hydrogens is 1220 g/mol. The summed E-state index contributed by atoms with van der Waals surface area (Å²) in [6.07, 6.45) is 0. The number of hydrogen-bond donors (Lipinski definition) is 0. The Hall–Kier alpha value is 1.02. The first-order valence-electron chi connectivity index (χ1n) is 9.83. The van der Waals surface area contributed by atoms with Gasteiger partial charge < -0.3 is 0 Å². The van der Waals surface area contributed by atoms with Crippen molar-refractivity contribution in [3.05, 3.63) is 32.5 Å². The maximum absolute atomic E-state index is 12.6. The van der Waals surface area contributed by atoms with E-state index < -0.39 is 34.1 Å². The molecule has 4 amide bonds. The minimum atomic E-state index is -0.830. The topological polar surface area (TPSA) is 109 Å². The Morgan fingerprint density at radius 3 is 0.895 bits per heavy atom. The second-order valence-corrected chi connectivity index (χ2v) is 14.5. The predicted octanol–water partition coefficient (Wildman–Crippen LogP) is 7.54. The zero-order valence-corrected chi connectivity index (χ0v) is 33.8. The van der Waals surface area contributed by atoms with Crippen LogP contribution in [0, 0.1) is 21.4 Å². The minimum absolute atomic E-state index is 0.0474. The van der Waals surface area contributed by atoms with Crippen molar-refractivity contribution >= 4 is 204 Å². The van der Waals surface area contributed by atoms with Gasteiger partial charge in [0.2, 0.25) is 23.6 Å². The molecule has 0 saturated heterocycles. The lowest BCUT2D eigenvalue weighted by molar-refractivity contribution is -0.125. The molecule has 8 nitrogen and oxygen atoms in total. The van der Waals surface area contributed by atoms with E-state index in [-0.39, 0.29) is 29.6 Å². The summed E-state index contributed by atoms with van der Waals surface area (Å²) in [5.41, 5.74) is 1.13. The number of halogens is 8. The third kappa shape index (κ3) is 6.64. The highest BCUT2D eigenvalue weighted by Gasteiger charge is 2.35. The van der Waals surface area contributed by atoms with Gasteiger partial charge in [0.1, 0.15) is 0 Å². The van der Waals surface area contributed by atoms with Gasteiger partial charge in [-0.1, -0.05) is 0 Å². The van der Waals surface area contributed by atoms with Crippen molar-refractivity contribution in [2.75, 3.05) is 9.80 Å². The number of carbonyl (C=O) groups is 6. The Morgan fingerprint density at radius 1 is 0.474 bits per heavy atom. The Balaban J connectivity index is 3.39. The van der Waals surface area contributed by atoms with Crippen LogP contribution >= 0.6 is 159 Å². The Bertz CT molecular complexity index is 1340. The second kappa shape index (κ2) is 14.0. The molecule has 2 aromatic rings. The zero-order chi connectivity index (χ0) is 29.5. The maximum Gasteiger partial charge on any atom is 0.254 e. The van der Waals surface area contributed by atoms with Crippen molar-refractivity contribution in [2.24, 2.45) is 0 Å². The molecule has 0 atom stereocenters.